The molecule has 0 saturated carbocycles. The highest BCUT2D eigenvalue weighted by atomic mass is 32.2. The number of ether oxygens (including phenoxy) is 2. The fraction of sp³-hybridized carbons (Fsp3) is 0.571. The second-order valence-electron chi connectivity index (χ2n) is 4.90. The highest BCUT2D eigenvalue weighted by Crippen LogP contribution is 2.34. The normalized spacial score (nSPS) is 21.1. The van der Waals surface area contributed by atoms with E-state index in [1.165, 1.54) is 0 Å². The molecule has 3 unspecified atom stereocenters. The van der Waals surface area contributed by atoms with E-state index in [1.54, 1.807) is 13.4 Å². The average molecular weight is 283 g/mol. The molecule has 0 amide bonds. The molecule has 1 heterocycles. The van der Waals surface area contributed by atoms with Gasteiger partial charge < -0.3 is 14.8 Å². The van der Waals surface area contributed by atoms with Crippen LogP contribution in [0, 0.1) is 0 Å². The van der Waals surface area contributed by atoms with E-state index in [9.17, 15) is 4.21 Å². The summed E-state index contributed by atoms with van der Waals surface area (Å²) in [5, 5.41) is 3.53. The molecule has 1 N–H and O–H groups in total. The Labute approximate surface area is 116 Å². The van der Waals surface area contributed by atoms with Crippen LogP contribution >= 0.6 is 0 Å². The molecule has 1 aromatic carbocycles. The zero-order chi connectivity index (χ0) is 13.8. The Bertz CT molecular complexity index is 464. The van der Waals surface area contributed by atoms with E-state index >= 15 is 0 Å². The van der Waals surface area contributed by atoms with E-state index in [-0.39, 0.29) is 12.1 Å². The van der Waals surface area contributed by atoms with Gasteiger partial charge in [-0.1, -0.05) is 0 Å². The van der Waals surface area contributed by atoms with Gasteiger partial charge in [0.25, 0.3) is 0 Å². The summed E-state index contributed by atoms with van der Waals surface area (Å²) in [6.45, 7) is 2.77. The lowest BCUT2D eigenvalue weighted by Crippen LogP contribution is -2.36. The van der Waals surface area contributed by atoms with E-state index in [0.29, 0.717) is 12.4 Å². The maximum Gasteiger partial charge on any atom is 0.124 e. The molecule has 106 valence electrons. The van der Waals surface area contributed by atoms with Crippen LogP contribution in [-0.2, 0) is 10.8 Å². The van der Waals surface area contributed by atoms with Gasteiger partial charge in [-0.3, -0.25) is 4.21 Å². The predicted molar refractivity (Wildman–Crippen MR) is 77.4 cm³/mol. The summed E-state index contributed by atoms with van der Waals surface area (Å²) < 4.78 is 22.2. The van der Waals surface area contributed by atoms with E-state index in [1.807, 2.05) is 18.2 Å². The maximum atomic E-state index is 11.3. The molecule has 3 atom stereocenters. The van der Waals surface area contributed by atoms with Crippen molar-refractivity contribution in [1.82, 2.24) is 5.32 Å². The second-order valence-corrected chi connectivity index (χ2v) is 6.38. The number of benzene rings is 1. The minimum absolute atomic E-state index is 0.216. The summed E-state index contributed by atoms with van der Waals surface area (Å²) in [7, 11) is 0.881. The summed E-state index contributed by atoms with van der Waals surface area (Å²) in [5.41, 5.74) is 1.12. The number of methoxy groups -OCH3 is 1. The summed E-state index contributed by atoms with van der Waals surface area (Å²) in [6.07, 6.45) is 2.65. The summed E-state index contributed by atoms with van der Waals surface area (Å²) in [5.74, 6) is 2.41. The SMILES string of the molecule is COc1ccc2c(c1)C(NC(C)CS(C)=O)CCO2. The van der Waals surface area contributed by atoms with Crippen molar-refractivity contribution in [2.75, 3.05) is 25.7 Å². The Balaban J connectivity index is 2.14. The first-order valence-corrected chi connectivity index (χ1v) is 8.19. The molecule has 0 fully saturated rings. The molecule has 5 heteroatoms. The van der Waals surface area contributed by atoms with Crippen molar-refractivity contribution in [3.63, 3.8) is 0 Å². The molecule has 0 bridgehead atoms. The lowest BCUT2D eigenvalue weighted by atomic mass is 9.99. The van der Waals surface area contributed by atoms with Crippen molar-refractivity contribution in [3.8, 4) is 11.5 Å². The van der Waals surface area contributed by atoms with Gasteiger partial charge in [-0.05, 0) is 25.1 Å². The molecular weight excluding hydrogens is 262 g/mol. The molecule has 4 nitrogen and oxygen atoms in total. The molecule has 0 aromatic heterocycles. The van der Waals surface area contributed by atoms with Crippen molar-refractivity contribution < 1.29 is 13.7 Å². The van der Waals surface area contributed by atoms with E-state index in [2.05, 4.69) is 12.2 Å². The first-order chi connectivity index (χ1) is 9.10. The fourth-order valence-corrected chi connectivity index (χ4v) is 3.22. The van der Waals surface area contributed by atoms with Gasteiger partial charge >= 0.3 is 0 Å². The van der Waals surface area contributed by atoms with Gasteiger partial charge in [-0.25, -0.2) is 0 Å². The van der Waals surface area contributed by atoms with Gasteiger partial charge in [-0.15, -0.1) is 0 Å². The van der Waals surface area contributed by atoms with Gasteiger partial charge in [0.1, 0.15) is 11.5 Å². The average Bonchev–Trinajstić information content (AvgIpc) is 2.37. The molecule has 0 saturated heterocycles. The summed E-state index contributed by atoms with van der Waals surface area (Å²) >= 11 is 0. The Morgan fingerprint density at radius 2 is 2.37 bits per heavy atom. The molecule has 0 radical (unpaired) electrons. The molecule has 1 aromatic rings. The van der Waals surface area contributed by atoms with E-state index in [0.717, 1.165) is 23.5 Å². The van der Waals surface area contributed by atoms with Gasteiger partial charge in [0.2, 0.25) is 0 Å². The minimum atomic E-state index is -0.782. The summed E-state index contributed by atoms with van der Waals surface area (Å²) in [4.78, 5) is 0. The van der Waals surface area contributed by atoms with Crippen molar-refractivity contribution >= 4 is 10.8 Å². The van der Waals surface area contributed by atoms with Crippen LogP contribution in [0.3, 0.4) is 0 Å². The van der Waals surface area contributed by atoms with Crippen molar-refractivity contribution in [1.29, 1.82) is 0 Å². The maximum absolute atomic E-state index is 11.3. The third-order valence-corrected chi connectivity index (χ3v) is 4.20. The topological polar surface area (TPSA) is 47.6 Å². The van der Waals surface area contributed by atoms with Crippen LogP contribution in [0.4, 0.5) is 0 Å². The lowest BCUT2D eigenvalue weighted by Gasteiger charge is -2.29. The Morgan fingerprint density at radius 3 is 3.05 bits per heavy atom. The standard InChI is InChI=1S/C14H21NO3S/c1-10(9-19(3)16)15-13-6-7-18-14-5-4-11(17-2)8-12(13)14/h4-5,8,10,13,15H,6-7,9H2,1-3H3. The molecule has 0 aliphatic carbocycles. The third kappa shape index (κ3) is 3.70. The summed E-state index contributed by atoms with van der Waals surface area (Å²) in [6, 6.07) is 6.32. The second kappa shape index (κ2) is 6.39. The number of hydrogen-bond donors (Lipinski definition) is 1. The lowest BCUT2D eigenvalue weighted by molar-refractivity contribution is 0.247. The van der Waals surface area contributed by atoms with Crippen LogP contribution in [0.5, 0.6) is 11.5 Å². The molecule has 1 aliphatic heterocycles. The third-order valence-electron chi connectivity index (χ3n) is 3.23. The van der Waals surface area contributed by atoms with Crippen LogP contribution in [0.25, 0.3) is 0 Å². The van der Waals surface area contributed by atoms with Crippen LogP contribution < -0.4 is 14.8 Å². The van der Waals surface area contributed by atoms with Crippen LogP contribution in [0.1, 0.15) is 24.9 Å². The predicted octanol–water partition coefficient (Wildman–Crippen LogP) is 1.88. The zero-order valence-electron chi connectivity index (χ0n) is 11.6. The molecule has 2 rings (SSSR count). The van der Waals surface area contributed by atoms with Crippen LogP contribution in [0.2, 0.25) is 0 Å². The highest BCUT2D eigenvalue weighted by molar-refractivity contribution is 7.84. The van der Waals surface area contributed by atoms with E-state index in [4.69, 9.17) is 9.47 Å². The fourth-order valence-electron chi connectivity index (χ4n) is 2.42. The largest absolute Gasteiger partial charge is 0.497 e. The minimum Gasteiger partial charge on any atom is -0.497 e. The van der Waals surface area contributed by atoms with Crippen molar-refractivity contribution in [2.45, 2.75) is 25.4 Å². The van der Waals surface area contributed by atoms with Crippen molar-refractivity contribution in [2.24, 2.45) is 0 Å². The van der Waals surface area contributed by atoms with Crippen molar-refractivity contribution in [3.05, 3.63) is 23.8 Å². The smallest absolute Gasteiger partial charge is 0.124 e. The Morgan fingerprint density at radius 1 is 1.58 bits per heavy atom. The van der Waals surface area contributed by atoms with Gasteiger partial charge in [0.15, 0.2) is 0 Å². The monoisotopic (exact) mass is 283 g/mol. The number of hydrogen-bond acceptors (Lipinski definition) is 4. The zero-order valence-corrected chi connectivity index (χ0v) is 12.5. The molecule has 1 aliphatic rings. The molecule has 19 heavy (non-hydrogen) atoms. The van der Waals surface area contributed by atoms with Crippen LogP contribution in [-0.4, -0.2) is 36.0 Å². The first-order valence-electron chi connectivity index (χ1n) is 6.47. The highest BCUT2D eigenvalue weighted by Gasteiger charge is 2.23. The first kappa shape index (κ1) is 14.3. The number of rotatable bonds is 5. The Hall–Kier alpha value is -1.07. The van der Waals surface area contributed by atoms with Crippen LogP contribution in [0.15, 0.2) is 18.2 Å². The molecule has 0 spiro atoms. The number of fused-ring (bicyclic) bond motifs is 1. The number of nitrogens with one attached hydrogen (secondary N) is 1. The van der Waals surface area contributed by atoms with Gasteiger partial charge in [0.05, 0.1) is 13.7 Å². The quantitative estimate of drug-likeness (QED) is 0.896. The van der Waals surface area contributed by atoms with E-state index < -0.39 is 10.8 Å². The molecular formula is C14H21NO3S. The van der Waals surface area contributed by atoms with Gasteiger partial charge in [0, 0.05) is 46.9 Å². The van der Waals surface area contributed by atoms with Gasteiger partial charge in [-0.2, -0.15) is 0 Å². The Kier molecular flexibility index (Phi) is 4.82.